The molecule has 2 aromatic rings. The molecule has 29 heavy (non-hydrogen) atoms. The smallest absolute Gasteiger partial charge is 0.251 e. The molecule has 0 aromatic heterocycles. The van der Waals surface area contributed by atoms with Gasteiger partial charge in [0.05, 0.1) is 6.54 Å². The van der Waals surface area contributed by atoms with E-state index >= 15 is 0 Å². The molecule has 0 radical (unpaired) electrons. The SMILES string of the molecule is CCCNC(=O)c1cccc(NCC(=O)Nc2cccc(NC(=O)CCC)c2)c1. The summed E-state index contributed by atoms with van der Waals surface area (Å²) in [6, 6.07) is 14.0. The van der Waals surface area contributed by atoms with Gasteiger partial charge in [0, 0.05) is 35.6 Å². The molecule has 0 bridgehead atoms. The van der Waals surface area contributed by atoms with Crippen molar-refractivity contribution in [1.82, 2.24) is 5.32 Å². The molecule has 2 rings (SSSR count). The number of anilines is 3. The van der Waals surface area contributed by atoms with Gasteiger partial charge in [0.25, 0.3) is 5.91 Å². The summed E-state index contributed by atoms with van der Waals surface area (Å²) in [5.41, 5.74) is 2.46. The minimum atomic E-state index is -0.233. The second-order valence-corrected chi connectivity index (χ2v) is 6.62. The van der Waals surface area contributed by atoms with Gasteiger partial charge in [0.2, 0.25) is 11.8 Å². The molecule has 4 N–H and O–H groups in total. The zero-order chi connectivity index (χ0) is 21.1. The Bertz CT molecular complexity index is 851. The largest absolute Gasteiger partial charge is 0.376 e. The summed E-state index contributed by atoms with van der Waals surface area (Å²) in [7, 11) is 0. The van der Waals surface area contributed by atoms with Crippen LogP contribution in [0.3, 0.4) is 0 Å². The van der Waals surface area contributed by atoms with E-state index in [2.05, 4.69) is 21.3 Å². The van der Waals surface area contributed by atoms with Crippen LogP contribution in [0, 0.1) is 0 Å². The summed E-state index contributed by atoms with van der Waals surface area (Å²) in [4.78, 5) is 36.0. The monoisotopic (exact) mass is 396 g/mol. The van der Waals surface area contributed by atoms with Crippen LogP contribution in [0.5, 0.6) is 0 Å². The molecule has 0 spiro atoms. The maximum absolute atomic E-state index is 12.2. The van der Waals surface area contributed by atoms with Crippen LogP contribution in [-0.4, -0.2) is 30.8 Å². The molecule has 7 heteroatoms. The Hall–Kier alpha value is -3.35. The summed E-state index contributed by atoms with van der Waals surface area (Å²) in [6.07, 6.45) is 2.10. The van der Waals surface area contributed by atoms with Crippen molar-refractivity contribution in [3.8, 4) is 0 Å². The molecule has 3 amide bonds. The molecule has 0 aliphatic heterocycles. The Morgan fingerprint density at radius 1 is 0.793 bits per heavy atom. The molecule has 0 saturated heterocycles. The number of carbonyl (C=O) groups excluding carboxylic acids is 3. The number of amides is 3. The summed E-state index contributed by atoms with van der Waals surface area (Å²) in [6.45, 7) is 4.60. The minimum Gasteiger partial charge on any atom is -0.376 e. The molecular weight excluding hydrogens is 368 g/mol. The van der Waals surface area contributed by atoms with E-state index in [4.69, 9.17) is 0 Å². The summed E-state index contributed by atoms with van der Waals surface area (Å²) in [5, 5.41) is 11.4. The van der Waals surface area contributed by atoms with Crippen molar-refractivity contribution < 1.29 is 14.4 Å². The van der Waals surface area contributed by atoms with Gasteiger partial charge in [-0.2, -0.15) is 0 Å². The molecule has 0 fully saturated rings. The Morgan fingerprint density at radius 2 is 1.45 bits per heavy atom. The van der Waals surface area contributed by atoms with Crippen molar-refractivity contribution in [2.24, 2.45) is 0 Å². The molecular formula is C22H28N4O3. The van der Waals surface area contributed by atoms with E-state index in [1.165, 1.54) is 0 Å². The lowest BCUT2D eigenvalue weighted by molar-refractivity contribution is -0.116. The van der Waals surface area contributed by atoms with Crippen molar-refractivity contribution in [2.45, 2.75) is 33.1 Å². The van der Waals surface area contributed by atoms with E-state index in [0.29, 0.717) is 35.6 Å². The fourth-order valence-corrected chi connectivity index (χ4v) is 2.62. The van der Waals surface area contributed by atoms with Crippen LogP contribution >= 0.6 is 0 Å². The first kappa shape index (κ1) is 21.9. The van der Waals surface area contributed by atoms with Crippen LogP contribution < -0.4 is 21.3 Å². The molecule has 0 atom stereocenters. The topological polar surface area (TPSA) is 99.3 Å². The summed E-state index contributed by atoms with van der Waals surface area (Å²) < 4.78 is 0. The van der Waals surface area contributed by atoms with Gasteiger partial charge in [-0.05, 0) is 49.2 Å². The van der Waals surface area contributed by atoms with Gasteiger partial charge in [-0.15, -0.1) is 0 Å². The van der Waals surface area contributed by atoms with E-state index in [1.807, 2.05) is 13.8 Å². The van der Waals surface area contributed by atoms with Crippen molar-refractivity contribution >= 4 is 34.8 Å². The highest BCUT2D eigenvalue weighted by atomic mass is 16.2. The zero-order valence-corrected chi connectivity index (χ0v) is 16.9. The number of benzene rings is 2. The maximum atomic E-state index is 12.2. The first-order valence-electron chi connectivity index (χ1n) is 9.83. The van der Waals surface area contributed by atoms with Gasteiger partial charge >= 0.3 is 0 Å². The predicted molar refractivity (Wildman–Crippen MR) is 116 cm³/mol. The Kier molecular flexibility index (Phi) is 8.69. The maximum Gasteiger partial charge on any atom is 0.251 e. The third-order valence-electron chi connectivity index (χ3n) is 4.02. The highest BCUT2D eigenvalue weighted by molar-refractivity contribution is 5.97. The highest BCUT2D eigenvalue weighted by Crippen LogP contribution is 2.16. The van der Waals surface area contributed by atoms with E-state index in [-0.39, 0.29) is 24.3 Å². The minimum absolute atomic E-state index is 0.0481. The lowest BCUT2D eigenvalue weighted by Gasteiger charge is -2.11. The molecule has 0 aliphatic carbocycles. The first-order valence-corrected chi connectivity index (χ1v) is 9.83. The van der Waals surface area contributed by atoms with Crippen molar-refractivity contribution in [1.29, 1.82) is 0 Å². The fraction of sp³-hybridized carbons (Fsp3) is 0.318. The van der Waals surface area contributed by atoms with Gasteiger partial charge in [-0.3, -0.25) is 14.4 Å². The van der Waals surface area contributed by atoms with E-state index < -0.39 is 0 Å². The lowest BCUT2D eigenvalue weighted by atomic mass is 10.2. The first-order chi connectivity index (χ1) is 14.0. The second kappa shape index (κ2) is 11.5. The normalized spacial score (nSPS) is 10.1. The number of nitrogens with one attached hydrogen (secondary N) is 4. The average molecular weight is 396 g/mol. The third kappa shape index (κ3) is 7.65. The van der Waals surface area contributed by atoms with E-state index in [0.717, 1.165) is 12.8 Å². The molecule has 0 heterocycles. The van der Waals surface area contributed by atoms with Gasteiger partial charge < -0.3 is 21.3 Å². The second-order valence-electron chi connectivity index (χ2n) is 6.62. The van der Waals surface area contributed by atoms with Crippen LogP contribution in [0.4, 0.5) is 17.1 Å². The van der Waals surface area contributed by atoms with Crippen molar-refractivity contribution in [2.75, 3.05) is 29.0 Å². The fourth-order valence-electron chi connectivity index (χ4n) is 2.62. The van der Waals surface area contributed by atoms with Gasteiger partial charge in [0.1, 0.15) is 0 Å². The number of carbonyl (C=O) groups is 3. The van der Waals surface area contributed by atoms with Gasteiger partial charge in [-0.1, -0.05) is 26.0 Å². The van der Waals surface area contributed by atoms with Gasteiger partial charge in [0.15, 0.2) is 0 Å². The summed E-state index contributed by atoms with van der Waals surface area (Å²) in [5.74, 6) is -0.426. The van der Waals surface area contributed by atoms with E-state index in [1.54, 1.807) is 48.5 Å². The van der Waals surface area contributed by atoms with Crippen LogP contribution in [-0.2, 0) is 9.59 Å². The molecule has 0 aliphatic rings. The Balaban J connectivity index is 1.89. The molecule has 154 valence electrons. The quantitative estimate of drug-likeness (QED) is 0.493. The molecule has 7 nitrogen and oxygen atoms in total. The van der Waals surface area contributed by atoms with Crippen LogP contribution in [0.1, 0.15) is 43.5 Å². The standard InChI is InChI=1S/C22H28N4O3/c1-3-7-20(27)25-18-10-6-11-19(14-18)26-21(28)15-24-17-9-5-8-16(13-17)22(29)23-12-4-2/h5-6,8-11,13-14,24H,3-4,7,12,15H2,1-2H3,(H,23,29)(H,25,27)(H,26,28). The van der Waals surface area contributed by atoms with Crippen molar-refractivity contribution in [3.05, 3.63) is 54.1 Å². The van der Waals surface area contributed by atoms with E-state index in [9.17, 15) is 14.4 Å². The van der Waals surface area contributed by atoms with Crippen molar-refractivity contribution in [3.63, 3.8) is 0 Å². The molecule has 2 aromatic carbocycles. The van der Waals surface area contributed by atoms with Crippen LogP contribution in [0.15, 0.2) is 48.5 Å². The predicted octanol–water partition coefficient (Wildman–Crippen LogP) is 3.62. The Morgan fingerprint density at radius 3 is 2.14 bits per heavy atom. The third-order valence-corrected chi connectivity index (χ3v) is 4.02. The molecule has 0 unspecified atom stereocenters. The average Bonchev–Trinajstić information content (AvgIpc) is 2.71. The highest BCUT2D eigenvalue weighted by Gasteiger charge is 2.07. The Labute approximate surface area is 171 Å². The summed E-state index contributed by atoms with van der Waals surface area (Å²) >= 11 is 0. The number of hydrogen-bond acceptors (Lipinski definition) is 4. The number of hydrogen-bond donors (Lipinski definition) is 4. The van der Waals surface area contributed by atoms with Gasteiger partial charge in [-0.25, -0.2) is 0 Å². The van der Waals surface area contributed by atoms with Crippen LogP contribution in [0.2, 0.25) is 0 Å². The molecule has 0 saturated carbocycles. The lowest BCUT2D eigenvalue weighted by Crippen LogP contribution is -2.24. The number of rotatable bonds is 10. The zero-order valence-electron chi connectivity index (χ0n) is 16.9. The van der Waals surface area contributed by atoms with Crippen LogP contribution in [0.25, 0.3) is 0 Å².